The number of carbonyl (C=O) groups excluding carboxylic acids is 1. The van der Waals surface area contributed by atoms with Crippen LogP contribution in [0, 0.1) is 0 Å². The Morgan fingerprint density at radius 1 is 1.19 bits per heavy atom. The summed E-state index contributed by atoms with van der Waals surface area (Å²) in [6, 6.07) is 7.68. The summed E-state index contributed by atoms with van der Waals surface area (Å²) in [6.07, 6.45) is 1.78. The minimum Gasteiger partial charge on any atom is -0.378 e. The molecule has 10 heteroatoms. The van der Waals surface area contributed by atoms with Crippen molar-refractivity contribution in [3.8, 4) is 11.4 Å². The van der Waals surface area contributed by atoms with E-state index in [4.69, 9.17) is 19.7 Å². The largest absolute Gasteiger partial charge is 0.378 e. The van der Waals surface area contributed by atoms with Gasteiger partial charge in [-0.25, -0.2) is 15.0 Å². The standard InChI is InChI=1S/C22H23N7O2S/c1-28(2)22(30)17-10-13(12-32)18-19(24-17)21(29-6-8-31-9-7-29)26-20(25-18)14-4-3-5-16-15(14)11-23-27-16/h3-5,10-11,32H,6-9,12H2,1-2H3,(H,23,27). The number of amides is 1. The van der Waals surface area contributed by atoms with E-state index in [1.165, 1.54) is 4.90 Å². The van der Waals surface area contributed by atoms with Crippen molar-refractivity contribution in [1.82, 2.24) is 30.0 Å². The molecule has 9 nitrogen and oxygen atoms in total. The Morgan fingerprint density at radius 2 is 2.00 bits per heavy atom. The number of ether oxygens (including phenoxy) is 1. The lowest BCUT2D eigenvalue weighted by Gasteiger charge is -2.29. The molecule has 1 saturated heterocycles. The van der Waals surface area contributed by atoms with E-state index in [-0.39, 0.29) is 5.91 Å². The molecule has 0 saturated carbocycles. The SMILES string of the molecule is CN(C)C(=O)c1cc(CS)c2nc(-c3cccc4[nH]ncc34)nc(N3CCOCC3)c2n1. The molecule has 1 aromatic carbocycles. The number of rotatable bonds is 4. The third-order valence-electron chi connectivity index (χ3n) is 5.54. The van der Waals surface area contributed by atoms with Gasteiger partial charge >= 0.3 is 0 Å². The molecule has 164 valence electrons. The summed E-state index contributed by atoms with van der Waals surface area (Å²) >= 11 is 4.52. The zero-order chi connectivity index (χ0) is 22.2. The fourth-order valence-electron chi connectivity index (χ4n) is 3.89. The van der Waals surface area contributed by atoms with Crippen LogP contribution >= 0.6 is 12.6 Å². The molecule has 32 heavy (non-hydrogen) atoms. The first kappa shape index (κ1) is 20.7. The van der Waals surface area contributed by atoms with Gasteiger partial charge in [-0.3, -0.25) is 9.89 Å². The number of hydrogen-bond donors (Lipinski definition) is 2. The first-order valence-electron chi connectivity index (χ1n) is 10.4. The van der Waals surface area contributed by atoms with Gasteiger partial charge in [0.2, 0.25) is 0 Å². The predicted octanol–water partition coefficient (Wildman–Crippen LogP) is 2.54. The molecule has 0 atom stereocenters. The Balaban J connectivity index is 1.80. The maximum absolute atomic E-state index is 12.7. The summed E-state index contributed by atoms with van der Waals surface area (Å²) in [4.78, 5) is 30.9. The van der Waals surface area contributed by atoms with Crippen molar-refractivity contribution in [3.05, 3.63) is 41.7 Å². The lowest BCUT2D eigenvalue weighted by molar-refractivity contribution is 0.0822. The summed E-state index contributed by atoms with van der Waals surface area (Å²) in [5.41, 5.74) is 4.29. The molecule has 5 rings (SSSR count). The molecule has 3 aromatic heterocycles. The number of fused-ring (bicyclic) bond motifs is 2. The molecular weight excluding hydrogens is 426 g/mol. The van der Waals surface area contributed by atoms with E-state index in [1.807, 2.05) is 18.2 Å². The predicted molar refractivity (Wildman–Crippen MR) is 126 cm³/mol. The van der Waals surface area contributed by atoms with E-state index in [1.54, 1.807) is 26.4 Å². The van der Waals surface area contributed by atoms with Crippen LogP contribution in [0.2, 0.25) is 0 Å². The van der Waals surface area contributed by atoms with Crippen molar-refractivity contribution in [2.75, 3.05) is 45.3 Å². The highest BCUT2D eigenvalue weighted by molar-refractivity contribution is 7.79. The minimum absolute atomic E-state index is 0.171. The minimum atomic E-state index is -0.171. The zero-order valence-corrected chi connectivity index (χ0v) is 18.8. The van der Waals surface area contributed by atoms with Gasteiger partial charge in [0, 0.05) is 43.9 Å². The van der Waals surface area contributed by atoms with Crippen LogP contribution in [0.3, 0.4) is 0 Å². The van der Waals surface area contributed by atoms with Crippen molar-refractivity contribution in [2.45, 2.75) is 5.75 Å². The second kappa shape index (κ2) is 8.36. The van der Waals surface area contributed by atoms with Crippen LogP contribution < -0.4 is 4.90 Å². The van der Waals surface area contributed by atoms with Crippen LogP contribution in [0.5, 0.6) is 0 Å². The number of thiol groups is 1. The van der Waals surface area contributed by atoms with Gasteiger partial charge in [-0.05, 0) is 17.7 Å². The fourth-order valence-corrected chi connectivity index (χ4v) is 4.14. The summed E-state index contributed by atoms with van der Waals surface area (Å²) in [5.74, 6) is 1.53. The van der Waals surface area contributed by atoms with E-state index in [0.717, 1.165) is 22.0 Å². The van der Waals surface area contributed by atoms with Crippen LogP contribution in [0.15, 0.2) is 30.5 Å². The number of hydrogen-bond acceptors (Lipinski definition) is 8. The monoisotopic (exact) mass is 449 g/mol. The maximum Gasteiger partial charge on any atom is 0.271 e. The third-order valence-corrected chi connectivity index (χ3v) is 5.89. The lowest BCUT2D eigenvalue weighted by atomic mass is 10.1. The van der Waals surface area contributed by atoms with Gasteiger partial charge in [0.25, 0.3) is 5.91 Å². The summed E-state index contributed by atoms with van der Waals surface area (Å²) in [6.45, 7) is 2.58. The summed E-state index contributed by atoms with van der Waals surface area (Å²) in [5, 5.41) is 8.11. The first-order chi connectivity index (χ1) is 15.6. The number of aromatic amines is 1. The van der Waals surface area contributed by atoms with Crippen molar-refractivity contribution in [3.63, 3.8) is 0 Å². The van der Waals surface area contributed by atoms with Crippen molar-refractivity contribution < 1.29 is 9.53 Å². The van der Waals surface area contributed by atoms with Crippen LogP contribution in [0.4, 0.5) is 5.82 Å². The van der Waals surface area contributed by atoms with E-state index in [9.17, 15) is 4.79 Å². The third kappa shape index (κ3) is 3.55. The highest BCUT2D eigenvalue weighted by Gasteiger charge is 2.23. The van der Waals surface area contributed by atoms with E-state index in [0.29, 0.717) is 60.4 Å². The molecule has 0 radical (unpaired) electrons. The van der Waals surface area contributed by atoms with Crippen LogP contribution in [-0.4, -0.2) is 76.4 Å². The van der Waals surface area contributed by atoms with E-state index >= 15 is 0 Å². The number of nitrogens with one attached hydrogen (secondary N) is 1. The number of aromatic nitrogens is 5. The van der Waals surface area contributed by atoms with Crippen molar-refractivity contribution in [2.24, 2.45) is 0 Å². The van der Waals surface area contributed by atoms with E-state index in [2.05, 4.69) is 27.7 Å². The molecule has 1 N–H and O–H groups in total. The van der Waals surface area contributed by atoms with Crippen molar-refractivity contribution in [1.29, 1.82) is 0 Å². The van der Waals surface area contributed by atoms with Crippen molar-refractivity contribution >= 4 is 46.3 Å². The van der Waals surface area contributed by atoms with E-state index < -0.39 is 0 Å². The molecule has 0 bridgehead atoms. The lowest BCUT2D eigenvalue weighted by Crippen LogP contribution is -2.37. The number of morpholine rings is 1. The Bertz CT molecular complexity index is 1310. The van der Waals surface area contributed by atoms with Gasteiger partial charge in [0.15, 0.2) is 11.6 Å². The highest BCUT2D eigenvalue weighted by Crippen LogP contribution is 2.32. The maximum atomic E-state index is 12.7. The quantitative estimate of drug-likeness (QED) is 0.462. The second-order valence-corrected chi connectivity index (χ2v) is 8.14. The molecule has 1 aliphatic heterocycles. The molecule has 4 heterocycles. The molecule has 0 spiro atoms. The Labute approximate surface area is 190 Å². The Morgan fingerprint density at radius 3 is 2.75 bits per heavy atom. The van der Waals surface area contributed by atoms with Gasteiger partial charge in [-0.2, -0.15) is 17.7 Å². The van der Waals surface area contributed by atoms with Gasteiger partial charge in [0.05, 0.1) is 30.4 Å². The Hall–Kier alpha value is -3.24. The number of carbonyl (C=O) groups is 1. The number of anilines is 1. The second-order valence-electron chi connectivity index (χ2n) is 7.83. The van der Waals surface area contributed by atoms with Gasteiger partial charge in [-0.1, -0.05) is 12.1 Å². The molecule has 1 aliphatic rings. The average molecular weight is 450 g/mol. The average Bonchev–Trinajstić information content (AvgIpc) is 3.31. The molecule has 1 amide bonds. The topological polar surface area (TPSA) is 100 Å². The number of nitrogens with zero attached hydrogens (tertiary/aromatic N) is 6. The molecule has 4 aromatic rings. The molecule has 1 fully saturated rings. The Kier molecular flexibility index (Phi) is 5.40. The summed E-state index contributed by atoms with van der Waals surface area (Å²) in [7, 11) is 3.42. The number of H-pyrrole nitrogens is 1. The molecular formula is C22H23N7O2S. The zero-order valence-electron chi connectivity index (χ0n) is 17.9. The van der Waals surface area contributed by atoms with Gasteiger partial charge < -0.3 is 14.5 Å². The van der Waals surface area contributed by atoms with Crippen LogP contribution in [0.1, 0.15) is 16.1 Å². The number of pyridine rings is 1. The smallest absolute Gasteiger partial charge is 0.271 e. The van der Waals surface area contributed by atoms with Gasteiger partial charge in [0.1, 0.15) is 11.2 Å². The van der Waals surface area contributed by atoms with Crippen LogP contribution in [-0.2, 0) is 10.5 Å². The normalized spacial score (nSPS) is 14.3. The number of benzene rings is 1. The molecule has 0 unspecified atom stereocenters. The van der Waals surface area contributed by atoms with Gasteiger partial charge in [-0.15, -0.1) is 0 Å². The molecule has 0 aliphatic carbocycles. The highest BCUT2D eigenvalue weighted by atomic mass is 32.1. The summed E-state index contributed by atoms with van der Waals surface area (Å²) < 4.78 is 5.54. The first-order valence-corrected chi connectivity index (χ1v) is 11.0. The van der Waals surface area contributed by atoms with Crippen LogP contribution in [0.25, 0.3) is 33.3 Å². The fraction of sp³-hybridized carbons (Fsp3) is 0.318.